The lowest BCUT2D eigenvalue weighted by Crippen LogP contribution is -2.38. The summed E-state index contributed by atoms with van der Waals surface area (Å²) >= 11 is 0. The van der Waals surface area contributed by atoms with Gasteiger partial charge in [0.15, 0.2) is 0 Å². The predicted octanol–water partition coefficient (Wildman–Crippen LogP) is -0.112. The molecule has 0 fully saturated rings. The normalized spacial score (nSPS) is 15.4. The van der Waals surface area contributed by atoms with Crippen molar-refractivity contribution < 1.29 is 23.4 Å². The number of rotatable bonds is 5. The molecule has 24 heavy (non-hydrogen) atoms. The molecule has 0 saturated carbocycles. The third-order valence-electron chi connectivity index (χ3n) is 4.18. The number of aromatic nitrogens is 3. The minimum atomic E-state index is -3.84. The fourth-order valence-corrected chi connectivity index (χ4v) is 4.60. The van der Waals surface area contributed by atoms with Gasteiger partial charge in [0.1, 0.15) is 10.6 Å². The molecule has 2 aromatic heterocycles. The van der Waals surface area contributed by atoms with Gasteiger partial charge in [0.2, 0.25) is 10.0 Å². The zero-order valence-electron chi connectivity index (χ0n) is 13.1. The lowest BCUT2D eigenvalue weighted by atomic mass is 10.3. The minimum Gasteiger partial charge on any atom is -0.477 e. The molecule has 130 valence electrons. The van der Waals surface area contributed by atoms with E-state index >= 15 is 0 Å². The molecule has 0 aromatic carbocycles. The van der Waals surface area contributed by atoms with Crippen molar-refractivity contribution in [1.82, 2.24) is 18.7 Å². The summed E-state index contributed by atoms with van der Waals surface area (Å²) in [6, 6.07) is 2.92. The summed E-state index contributed by atoms with van der Waals surface area (Å²) in [7, 11) is -3.84. The number of aromatic carboxylic acids is 1. The number of aliphatic hydroxyl groups is 1. The number of hydrogen-bond acceptors (Lipinski definition) is 5. The lowest BCUT2D eigenvalue weighted by molar-refractivity contribution is 0.0683. The summed E-state index contributed by atoms with van der Waals surface area (Å²) in [5.74, 6) is -1.23. The van der Waals surface area contributed by atoms with E-state index in [0.717, 1.165) is 11.8 Å². The van der Waals surface area contributed by atoms with E-state index in [4.69, 9.17) is 5.11 Å². The molecule has 1 aliphatic heterocycles. The predicted molar refractivity (Wildman–Crippen MR) is 83.0 cm³/mol. The van der Waals surface area contributed by atoms with Gasteiger partial charge >= 0.3 is 5.97 Å². The van der Waals surface area contributed by atoms with Gasteiger partial charge in [-0.25, -0.2) is 13.2 Å². The highest BCUT2D eigenvalue weighted by Gasteiger charge is 2.33. The molecule has 9 nitrogen and oxygen atoms in total. The van der Waals surface area contributed by atoms with E-state index in [9.17, 15) is 18.3 Å². The molecule has 2 N–H and O–H groups in total. The van der Waals surface area contributed by atoms with Crippen LogP contribution >= 0.6 is 0 Å². The van der Waals surface area contributed by atoms with E-state index in [1.54, 1.807) is 23.9 Å². The Morgan fingerprint density at radius 1 is 1.38 bits per heavy atom. The maximum Gasteiger partial charge on any atom is 0.352 e. The molecule has 0 spiro atoms. The number of carboxylic acid groups (broad SMARTS) is 1. The monoisotopic (exact) mass is 354 g/mol. The lowest BCUT2D eigenvalue weighted by Gasteiger charge is -2.27. The second kappa shape index (κ2) is 6.04. The van der Waals surface area contributed by atoms with E-state index in [1.807, 2.05) is 0 Å². The van der Waals surface area contributed by atoms with Gasteiger partial charge in [0.05, 0.1) is 25.4 Å². The highest BCUT2D eigenvalue weighted by molar-refractivity contribution is 7.89. The topological polar surface area (TPSA) is 118 Å². The Morgan fingerprint density at radius 2 is 2.12 bits per heavy atom. The van der Waals surface area contributed by atoms with E-state index < -0.39 is 16.0 Å². The number of aliphatic hydroxyl groups excluding tert-OH is 1. The molecular weight excluding hydrogens is 336 g/mol. The highest BCUT2D eigenvalue weighted by Crippen LogP contribution is 2.27. The standard InChI is InChI=1S/C14H18N4O5S/c1-10-13(8-12(14(20)21)17(10)6-7-19)24(22,23)16-4-5-18-11(9-16)2-3-15-18/h2-3,8,19H,4-7,9H2,1H3,(H,20,21). The first kappa shape index (κ1) is 16.7. The average Bonchev–Trinajstić information content (AvgIpc) is 3.12. The van der Waals surface area contributed by atoms with Crippen molar-refractivity contribution in [3.63, 3.8) is 0 Å². The summed E-state index contributed by atoms with van der Waals surface area (Å²) in [6.07, 6.45) is 1.62. The molecule has 0 bridgehead atoms. The Morgan fingerprint density at radius 3 is 2.79 bits per heavy atom. The van der Waals surface area contributed by atoms with Gasteiger partial charge in [-0.1, -0.05) is 0 Å². The van der Waals surface area contributed by atoms with Gasteiger partial charge in [-0.05, 0) is 19.1 Å². The van der Waals surface area contributed by atoms with Crippen LogP contribution < -0.4 is 0 Å². The van der Waals surface area contributed by atoms with Crippen LogP contribution in [0.1, 0.15) is 21.9 Å². The van der Waals surface area contributed by atoms with Crippen LogP contribution in [0.5, 0.6) is 0 Å². The number of carbonyl (C=O) groups is 1. The van der Waals surface area contributed by atoms with Crippen LogP contribution in [-0.4, -0.2) is 56.4 Å². The molecule has 0 unspecified atom stereocenters. The maximum absolute atomic E-state index is 13.0. The third-order valence-corrected chi connectivity index (χ3v) is 6.15. The number of fused-ring (bicyclic) bond motifs is 1. The van der Waals surface area contributed by atoms with Crippen LogP contribution in [-0.2, 0) is 29.7 Å². The zero-order valence-corrected chi connectivity index (χ0v) is 13.9. The smallest absolute Gasteiger partial charge is 0.352 e. The zero-order chi connectivity index (χ0) is 17.5. The summed E-state index contributed by atoms with van der Waals surface area (Å²) in [4.78, 5) is 11.3. The summed E-state index contributed by atoms with van der Waals surface area (Å²) < 4.78 is 30.3. The van der Waals surface area contributed by atoms with Crippen molar-refractivity contribution in [2.75, 3.05) is 13.2 Å². The Hall–Kier alpha value is -2.17. The molecule has 0 radical (unpaired) electrons. The summed E-state index contributed by atoms with van der Waals surface area (Å²) in [6.45, 7) is 2.19. The number of sulfonamides is 1. The second-order valence-corrected chi connectivity index (χ2v) is 7.45. The maximum atomic E-state index is 13.0. The molecule has 0 atom stereocenters. The van der Waals surface area contributed by atoms with Crippen molar-refractivity contribution in [3.8, 4) is 0 Å². The SMILES string of the molecule is Cc1c(S(=O)(=O)N2CCn3nccc3C2)cc(C(=O)O)n1CCO. The van der Waals surface area contributed by atoms with Gasteiger partial charge in [-0.3, -0.25) is 4.68 Å². The first-order valence-electron chi connectivity index (χ1n) is 7.41. The molecule has 3 rings (SSSR count). The molecule has 0 saturated heterocycles. The molecule has 1 aliphatic rings. The average molecular weight is 354 g/mol. The second-order valence-electron chi connectivity index (χ2n) is 5.54. The van der Waals surface area contributed by atoms with Crippen LogP contribution in [0, 0.1) is 6.92 Å². The first-order chi connectivity index (χ1) is 11.4. The Bertz CT molecular complexity index is 883. The first-order valence-corrected chi connectivity index (χ1v) is 8.85. The molecule has 2 aromatic rings. The minimum absolute atomic E-state index is 0.0236. The molecule has 10 heteroatoms. The van der Waals surface area contributed by atoms with Gasteiger partial charge < -0.3 is 14.8 Å². The fraction of sp³-hybridized carbons (Fsp3) is 0.429. The van der Waals surface area contributed by atoms with Gasteiger partial charge in [0, 0.05) is 25.0 Å². The Kier molecular flexibility index (Phi) is 4.20. The Labute approximate surface area is 138 Å². The number of hydrogen-bond donors (Lipinski definition) is 2. The van der Waals surface area contributed by atoms with Crippen molar-refractivity contribution in [2.24, 2.45) is 0 Å². The van der Waals surface area contributed by atoms with Crippen LogP contribution in [0.2, 0.25) is 0 Å². The quantitative estimate of drug-likeness (QED) is 0.773. The summed E-state index contributed by atoms with van der Waals surface area (Å²) in [5.41, 5.74) is 0.943. The van der Waals surface area contributed by atoms with Crippen LogP contribution in [0.3, 0.4) is 0 Å². The number of nitrogens with zero attached hydrogens (tertiary/aromatic N) is 4. The van der Waals surface area contributed by atoms with E-state index in [-0.39, 0.29) is 36.8 Å². The summed E-state index contributed by atoms with van der Waals surface area (Å²) in [5, 5.41) is 22.5. The molecular formula is C14H18N4O5S. The van der Waals surface area contributed by atoms with Crippen molar-refractivity contribution in [2.45, 2.75) is 31.5 Å². The van der Waals surface area contributed by atoms with Gasteiger partial charge in [-0.2, -0.15) is 9.40 Å². The van der Waals surface area contributed by atoms with Crippen molar-refractivity contribution in [3.05, 3.63) is 35.4 Å². The molecule has 0 amide bonds. The van der Waals surface area contributed by atoms with Gasteiger partial charge in [0.25, 0.3) is 0 Å². The Balaban J connectivity index is 2.02. The van der Waals surface area contributed by atoms with Crippen LogP contribution in [0.15, 0.2) is 23.2 Å². The van der Waals surface area contributed by atoms with E-state index in [1.165, 1.54) is 8.87 Å². The fourth-order valence-electron chi connectivity index (χ4n) is 2.95. The highest BCUT2D eigenvalue weighted by atomic mass is 32.2. The van der Waals surface area contributed by atoms with Crippen LogP contribution in [0.4, 0.5) is 0 Å². The van der Waals surface area contributed by atoms with E-state index in [0.29, 0.717) is 12.2 Å². The van der Waals surface area contributed by atoms with Crippen molar-refractivity contribution in [1.29, 1.82) is 0 Å². The molecule has 0 aliphatic carbocycles. The third kappa shape index (κ3) is 2.62. The van der Waals surface area contributed by atoms with Gasteiger partial charge in [-0.15, -0.1) is 0 Å². The van der Waals surface area contributed by atoms with E-state index in [2.05, 4.69) is 5.10 Å². The van der Waals surface area contributed by atoms with Crippen molar-refractivity contribution >= 4 is 16.0 Å². The molecule has 3 heterocycles. The van der Waals surface area contributed by atoms with Crippen LogP contribution in [0.25, 0.3) is 0 Å². The largest absolute Gasteiger partial charge is 0.477 e. The number of carboxylic acids is 1.